The van der Waals surface area contributed by atoms with E-state index in [-0.39, 0.29) is 6.23 Å². The van der Waals surface area contributed by atoms with Crippen molar-refractivity contribution in [2.45, 2.75) is 44.9 Å². The van der Waals surface area contributed by atoms with Crippen molar-refractivity contribution in [1.82, 2.24) is 19.4 Å². The van der Waals surface area contributed by atoms with Crippen LogP contribution in [0.2, 0.25) is 0 Å². The monoisotopic (exact) mass is 332 g/mol. The first-order chi connectivity index (χ1) is 11.7. The summed E-state index contributed by atoms with van der Waals surface area (Å²) < 4.78 is 8.33. The molecule has 132 valence electrons. The molecule has 24 heavy (non-hydrogen) atoms. The molecule has 7 nitrogen and oxygen atoms in total. The van der Waals surface area contributed by atoms with E-state index in [0.29, 0.717) is 11.9 Å². The van der Waals surface area contributed by atoms with Crippen LogP contribution in [0.1, 0.15) is 38.8 Å². The first kappa shape index (κ1) is 17.1. The van der Waals surface area contributed by atoms with Crippen LogP contribution in [0.25, 0.3) is 11.0 Å². The van der Waals surface area contributed by atoms with Crippen LogP contribution >= 0.6 is 0 Å². The quantitative estimate of drug-likeness (QED) is 0.889. The summed E-state index contributed by atoms with van der Waals surface area (Å²) in [6.45, 7) is 6.16. The van der Waals surface area contributed by atoms with E-state index in [1.807, 2.05) is 19.2 Å². The van der Waals surface area contributed by atoms with Crippen LogP contribution in [0.15, 0.2) is 18.6 Å². The molecule has 2 aromatic rings. The number of fused-ring (bicyclic) bond motifs is 1. The molecule has 0 bridgehead atoms. The average molecular weight is 332 g/mol. The lowest BCUT2D eigenvalue weighted by Crippen LogP contribution is -2.29. The summed E-state index contributed by atoms with van der Waals surface area (Å²) in [5, 5.41) is 0.907. The molecule has 2 aliphatic rings. The van der Waals surface area contributed by atoms with Gasteiger partial charge in [0.25, 0.3) is 0 Å². The van der Waals surface area contributed by atoms with Gasteiger partial charge in [0, 0.05) is 12.7 Å². The van der Waals surface area contributed by atoms with Crippen molar-refractivity contribution in [3.8, 4) is 0 Å². The number of rotatable bonds is 3. The van der Waals surface area contributed by atoms with E-state index in [0.717, 1.165) is 37.0 Å². The Labute approximate surface area is 143 Å². The largest absolute Gasteiger partial charge is 0.383 e. The number of hydrogen-bond acceptors (Lipinski definition) is 6. The molecule has 2 saturated heterocycles. The van der Waals surface area contributed by atoms with E-state index < -0.39 is 0 Å². The number of nitrogen functional groups attached to an aromatic ring is 1. The van der Waals surface area contributed by atoms with Crippen LogP contribution in [0.5, 0.6) is 0 Å². The van der Waals surface area contributed by atoms with Gasteiger partial charge in [-0.2, -0.15) is 0 Å². The van der Waals surface area contributed by atoms with Gasteiger partial charge in [0.2, 0.25) is 0 Å². The van der Waals surface area contributed by atoms with Crippen molar-refractivity contribution < 1.29 is 4.74 Å². The summed E-state index contributed by atoms with van der Waals surface area (Å²) in [6, 6.07) is 1.97. The standard InChI is InChI=1S/C15H21N5O.C2H7N/c16-14-12-5-8-20(15(12)18-10-17-14)13-4-3-11(21-13)9-19-6-1-2-7-19;1-2-3/h5,8,10-11,13H,1-4,6-7,9H2,(H2,16,17,18);2-3H2,1H3. The van der Waals surface area contributed by atoms with Crippen molar-refractivity contribution in [3.05, 3.63) is 18.6 Å². The van der Waals surface area contributed by atoms with Gasteiger partial charge in [-0.15, -0.1) is 0 Å². The van der Waals surface area contributed by atoms with Crippen LogP contribution < -0.4 is 11.5 Å². The fraction of sp³-hybridized carbons (Fsp3) is 0.647. The zero-order valence-corrected chi connectivity index (χ0v) is 14.4. The van der Waals surface area contributed by atoms with Gasteiger partial charge in [-0.25, -0.2) is 9.97 Å². The highest BCUT2D eigenvalue weighted by atomic mass is 16.5. The highest BCUT2D eigenvalue weighted by Gasteiger charge is 2.29. The van der Waals surface area contributed by atoms with Gasteiger partial charge in [0.05, 0.1) is 11.5 Å². The van der Waals surface area contributed by atoms with Crippen LogP contribution in [0.3, 0.4) is 0 Å². The van der Waals surface area contributed by atoms with Crippen LogP contribution in [-0.4, -0.2) is 51.7 Å². The summed E-state index contributed by atoms with van der Waals surface area (Å²) in [7, 11) is 0. The van der Waals surface area contributed by atoms with Gasteiger partial charge in [0.1, 0.15) is 24.0 Å². The zero-order chi connectivity index (χ0) is 16.9. The molecule has 0 aliphatic carbocycles. The van der Waals surface area contributed by atoms with Gasteiger partial charge in [-0.1, -0.05) is 6.92 Å². The minimum atomic E-state index is 0.0735. The molecule has 0 radical (unpaired) electrons. The number of ether oxygens (including phenoxy) is 1. The minimum Gasteiger partial charge on any atom is -0.383 e. The SMILES string of the molecule is CCN.Nc1ncnc2c1ccn2C1CCC(CN2CCCC2)O1. The smallest absolute Gasteiger partial charge is 0.147 e. The Morgan fingerprint density at radius 1 is 1.25 bits per heavy atom. The lowest BCUT2D eigenvalue weighted by molar-refractivity contribution is -0.00846. The van der Waals surface area contributed by atoms with E-state index in [1.54, 1.807) is 0 Å². The third-order valence-electron chi connectivity index (χ3n) is 4.60. The van der Waals surface area contributed by atoms with Crippen molar-refractivity contribution in [2.75, 3.05) is 31.9 Å². The van der Waals surface area contributed by atoms with Gasteiger partial charge in [0.15, 0.2) is 0 Å². The maximum absolute atomic E-state index is 6.24. The first-order valence-electron chi connectivity index (χ1n) is 8.87. The van der Waals surface area contributed by atoms with E-state index in [4.69, 9.17) is 16.2 Å². The number of nitrogens with zero attached hydrogens (tertiary/aromatic N) is 4. The van der Waals surface area contributed by atoms with Crippen molar-refractivity contribution in [2.24, 2.45) is 5.73 Å². The summed E-state index contributed by atoms with van der Waals surface area (Å²) >= 11 is 0. The van der Waals surface area contributed by atoms with Crippen molar-refractivity contribution in [1.29, 1.82) is 0 Å². The predicted octanol–water partition coefficient (Wildman–Crippen LogP) is 1.75. The summed E-state index contributed by atoms with van der Waals surface area (Å²) in [5.74, 6) is 0.533. The second-order valence-corrected chi connectivity index (χ2v) is 6.43. The van der Waals surface area contributed by atoms with Crippen molar-refractivity contribution in [3.63, 3.8) is 0 Å². The Kier molecular flexibility index (Phi) is 5.65. The summed E-state index contributed by atoms with van der Waals surface area (Å²) in [4.78, 5) is 10.9. The minimum absolute atomic E-state index is 0.0735. The van der Waals surface area contributed by atoms with E-state index in [9.17, 15) is 0 Å². The molecule has 0 amide bonds. The van der Waals surface area contributed by atoms with Gasteiger partial charge in [-0.05, 0) is 51.4 Å². The van der Waals surface area contributed by atoms with E-state index >= 15 is 0 Å². The molecule has 4 heterocycles. The number of likely N-dealkylation sites (tertiary alicyclic amines) is 1. The zero-order valence-electron chi connectivity index (χ0n) is 14.4. The van der Waals surface area contributed by atoms with Gasteiger partial charge >= 0.3 is 0 Å². The Hall–Kier alpha value is -1.70. The molecule has 2 aromatic heterocycles. The van der Waals surface area contributed by atoms with E-state index in [1.165, 1.54) is 32.3 Å². The lowest BCUT2D eigenvalue weighted by atomic mass is 10.2. The highest BCUT2D eigenvalue weighted by Crippen LogP contribution is 2.32. The van der Waals surface area contributed by atoms with E-state index in [2.05, 4.69) is 19.4 Å². The van der Waals surface area contributed by atoms with Gasteiger partial charge < -0.3 is 25.7 Å². The maximum atomic E-state index is 6.24. The molecule has 7 heteroatoms. The Bertz CT molecular complexity index is 652. The molecule has 4 N–H and O–H groups in total. The van der Waals surface area contributed by atoms with Crippen molar-refractivity contribution >= 4 is 16.9 Å². The Balaban J connectivity index is 0.000000526. The second kappa shape index (κ2) is 7.92. The van der Waals surface area contributed by atoms with Crippen LogP contribution in [-0.2, 0) is 4.74 Å². The first-order valence-corrected chi connectivity index (χ1v) is 8.87. The number of aromatic nitrogens is 3. The fourth-order valence-corrected chi connectivity index (χ4v) is 3.50. The lowest BCUT2D eigenvalue weighted by Gasteiger charge is -2.21. The Morgan fingerprint density at radius 3 is 2.75 bits per heavy atom. The summed E-state index contributed by atoms with van der Waals surface area (Å²) in [5.41, 5.74) is 11.6. The average Bonchev–Trinajstić information content (AvgIpc) is 3.29. The molecule has 2 fully saturated rings. The number of nitrogens with two attached hydrogens (primary N) is 2. The molecular formula is C17H28N6O. The fourth-order valence-electron chi connectivity index (χ4n) is 3.50. The molecular weight excluding hydrogens is 304 g/mol. The molecule has 2 unspecified atom stereocenters. The second-order valence-electron chi connectivity index (χ2n) is 6.43. The molecule has 2 atom stereocenters. The third-order valence-corrected chi connectivity index (χ3v) is 4.60. The third kappa shape index (κ3) is 3.68. The molecule has 4 rings (SSSR count). The number of anilines is 1. The van der Waals surface area contributed by atoms with Crippen LogP contribution in [0.4, 0.5) is 5.82 Å². The number of hydrogen-bond donors (Lipinski definition) is 2. The predicted molar refractivity (Wildman–Crippen MR) is 95.5 cm³/mol. The van der Waals surface area contributed by atoms with Crippen LogP contribution in [0, 0.1) is 0 Å². The molecule has 0 aromatic carbocycles. The molecule has 2 aliphatic heterocycles. The summed E-state index contributed by atoms with van der Waals surface area (Å²) in [6.07, 6.45) is 8.74. The van der Waals surface area contributed by atoms with Gasteiger partial charge in [-0.3, -0.25) is 0 Å². The molecule has 0 saturated carbocycles. The topological polar surface area (TPSA) is 95.2 Å². The molecule has 0 spiro atoms. The normalized spacial score (nSPS) is 24.2. The maximum Gasteiger partial charge on any atom is 0.147 e. The highest BCUT2D eigenvalue weighted by molar-refractivity contribution is 5.86. The Morgan fingerprint density at radius 2 is 2.00 bits per heavy atom.